The van der Waals surface area contributed by atoms with Gasteiger partial charge in [0, 0.05) is 13.0 Å². The normalized spacial score (nSPS) is 14.3. The van der Waals surface area contributed by atoms with Crippen molar-refractivity contribution in [2.45, 2.75) is 40.2 Å². The van der Waals surface area contributed by atoms with E-state index in [4.69, 9.17) is 9.39 Å². The zero-order valence-corrected chi connectivity index (χ0v) is 16.4. The molecular formula is C20H25BN2O5. The number of rotatable bonds is 8. The summed E-state index contributed by atoms with van der Waals surface area (Å²) in [5, 5.41) is 19.4. The van der Waals surface area contributed by atoms with E-state index in [1.165, 1.54) is 12.4 Å². The van der Waals surface area contributed by atoms with Crippen LogP contribution in [0.25, 0.3) is 0 Å². The van der Waals surface area contributed by atoms with Crippen LogP contribution < -0.4 is 10.2 Å². The highest BCUT2D eigenvalue weighted by Gasteiger charge is 2.30. The molecular weight excluding hydrogens is 359 g/mol. The summed E-state index contributed by atoms with van der Waals surface area (Å²) in [6.07, 6.45) is 3.82. The number of aliphatic hydroxyl groups excluding tert-OH is 1. The Bertz CT molecular complexity index is 841. The van der Waals surface area contributed by atoms with Gasteiger partial charge >= 0.3 is 7.12 Å². The minimum absolute atomic E-state index is 0.0221. The second kappa shape index (κ2) is 8.81. The van der Waals surface area contributed by atoms with Crippen molar-refractivity contribution in [3.63, 3.8) is 0 Å². The van der Waals surface area contributed by atoms with Gasteiger partial charge < -0.3 is 19.5 Å². The average Bonchev–Trinajstić information content (AvgIpc) is 3.05. The molecule has 1 aliphatic heterocycles. The highest BCUT2D eigenvalue weighted by Crippen LogP contribution is 2.26. The Morgan fingerprint density at radius 1 is 1.32 bits per heavy atom. The molecule has 2 heterocycles. The predicted molar refractivity (Wildman–Crippen MR) is 105 cm³/mol. The van der Waals surface area contributed by atoms with Crippen LogP contribution in [0.2, 0.25) is 0 Å². The first-order chi connectivity index (χ1) is 13.4. The van der Waals surface area contributed by atoms with Crippen molar-refractivity contribution in [2.24, 2.45) is 11.8 Å². The number of aliphatic hydroxyl groups is 1. The molecule has 0 bridgehead atoms. The number of carbonyl (C=O) groups excluding carboxylic acids is 1. The number of carbonyl (C=O) groups is 1. The molecule has 3 rings (SSSR count). The van der Waals surface area contributed by atoms with Gasteiger partial charge in [0.25, 0.3) is 0 Å². The Morgan fingerprint density at radius 3 is 2.75 bits per heavy atom. The highest BCUT2D eigenvalue weighted by atomic mass is 16.5. The number of ketones is 1. The number of hydrogen-bond donors (Lipinski definition) is 2. The molecule has 0 radical (unpaired) electrons. The van der Waals surface area contributed by atoms with Crippen LogP contribution in [0.3, 0.4) is 0 Å². The molecule has 1 atom stereocenters. The maximum Gasteiger partial charge on any atom is 0.492 e. The molecule has 28 heavy (non-hydrogen) atoms. The Kier molecular flexibility index (Phi) is 6.44. The maximum absolute atomic E-state index is 12.4. The molecule has 0 aliphatic carbocycles. The molecule has 1 unspecified atom stereocenters. The van der Waals surface area contributed by atoms with Crippen molar-refractivity contribution in [1.82, 2.24) is 9.97 Å². The van der Waals surface area contributed by atoms with Gasteiger partial charge in [-0.15, -0.1) is 0 Å². The quantitative estimate of drug-likeness (QED) is 0.530. The van der Waals surface area contributed by atoms with Gasteiger partial charge in [-0.05, 0) is 47.8 Å². The summed E-state index contributed by atoms with van der Waals surface area (Å²) in [6, 6.07) is 3.65. The molecule has 1 aromatic carbocycles. The third-order valence-corrected chi connectivity index (χ3v) is 4.86. The molecule has 148 valence electrons. The number of fused-ring (bicyclic) bond motifs is 1. The maximum atomic E-state index is 12.4. The summed E-state index contributed by atoms with van der Waals surface area (Å²) >= 11 is 0. The van der Waals surface area contributed by atoms with E-state index in [9.17, 15) is 14.9 Å². The molecule has 2 aromatic rings. The first kappa shape index (κ1) is 20.4. The zero-order chi connectivity index (χ0) is 20.3. The molecule has 7 nitrogen and oxygen atoms in total. The molecule has 0 saturated heterocycles. The molecule has 0 saturated carbocycles. The van der Waals surface area contributed by atoms with Crippen molar-refractivity contribution in [2.75, 3.05) is 6.61 Å². The molecule has 8 heteroatoms. The van der Waals surface area contributed by atoms with E-state index >= 15 is 0 Å². The van der Waals surface area contributed by atoms with Crippen LogP contribution in [0, 0.1) is 18.8 Å². The largest absolute Gasteiger partial charge is 0.492 e. The summed E-state index contributed by atoms with van der Waals surface area (Å²) < 4.78 is 11.0. The number of ether oxygens (including phenoxy) is 1. The lowest BCUT2D eigenvalue weighted by atomic mass is 9.76. The van der Waals surface area contributed by atoms with Crippen molar-refractivity contribution in [3.8, 4) is 11.6 Å². The minimum atomic E-state index is -0.949. The first-order valence-corrected chi connectivity index (χ1v) is 9.45. The fourth-order valence-corrected chi connectivity index (χ4v) is 3.48. The van der Waals surface area contributed by atoms with Crippen molar-refractivity contribution < 1.29 is 24.3 Å². The fourth-order valence-electron chi connectivity index (χ4n) is 3.48. The van der Waals surface area contributed by atoms with Gasteiger partial charge in [-0.25, -0.2) is 9.97 Å². The van der Waals surface area contributed by atoms with Crippen molar-refractivity contribution in [1.29, 1.82) is 0 Å². The third kappa shape index (κ3) is 4.58. The van der Waals surface area contributed by atoms with Gasteiger partial charge in [0.05, 0.1) is 19.0 Å². The molecule has 0 amide bonds. The van der Waals surface area contributed by atoms with Crippen LogP contribution in [0.1, 0.15) is 48.3 Å². The van der Waals surface area contributed by atoms with Crippen LogP contribution in [-0.4, -0.2) is 39.6 Å². The van der Waals surface area contributed by atoms with E-state index in [1.54, 1.807) is 6.07 Å². The topological polar surface area (TPSA) is 102 Å². The predicted octanol–water partition coefficient (Wildman–Crippen LogP) is 2.02. The zero-order valence-electron chi connectivity index (χ0n) is 16.4. The van der Waals surface area contributed by atoms with Crippen LogP contribution in [0.15, 0.2) is 24.5 Å². The molecule has 1 aliphatic rings. The number of Topliss-reactive ketones (excluding diaryl/α,β-unsaturated/α-hetero) is 1. The summed E-state index contributed by atoms with van der Waals surface area (Å²) in [4.78, 5) is 20.7. The molecule has 1 aromatic heterocycles. The van der Waals surface area contributed by atoms with Crippen LogP contribution in [-0.2, 0) is 11.3 Å². The van der Waals surface area contributed by atoms with Gasteiger partial charge in [0.1, 0.15) is 11.4 Å². The SMILES string of the molecule is Cc1c(Oc2cnc(C(=O)CC(CO)CC(C)C)cn2)ccc2c1B(O)OC2. The average molecular weight is 384 g/mol. The first-order valence-electron chi connectivity index (χ1n) is 9.45. The van der Waals surface area contributed by atoms with Crippen LogP contribution in [0.4, 0.5) is 0 Å². The standard InChI is InChI=1S/C20H25BN2O5/c1-12(2)6-14(10-24)7-17(25)16-8-23-19(9-22-16)28-18-5-4-15-11-27-21(26)20(15)13(18)3/h4-5,8-9,12,14,24,26H,6-7,10-11H2,1-3H3. The molecule has 2 N–H and O–H groups in total. The number of benzene rings is 1. The third-order valence-electron chi connectivity index (χ3n) is 4.86. The number of aromatic nitrogens is 2. The summed E-state index contributed by atoms with van der Waals surface area (Å²) in [7, 11) is -0.949. The van der Waals surface area contributed by atoms with E-state index in [-0.39, 0.29) is 36.3 Å². The monoisotopic (exact) mass is 384 g/mol. The lowest BCUT2D eigenvalue weighted by molar-refractivity contribution is 0.0919. The Morgan fingerprint density at radius 2 is 2.11 bits per heavy atom. The second-order valence-corrected chi connectivity index (χ2v) is 7.57. The van der Waals surface area contributed by atoms with Gasteiger partial charge in [0.15, 0.2) is 5.78 Å². The number of hydrogen-bond acceptors (Lipinski definition) is 7. The van der Waals surface area contributed by atoms with E-state index in [0.717, 1.165) is 23.0 Å². The van der Waals surface area contributed by atoms with Crippen molar-refractivity contribution >= 4 is 18.4 Å². The van der Waals surface area contributed by atoms with Crippen molar-refractivity contribution in [3.05, 3.63) is 41.3 Å². The smallest absolute Gasteiger partial charge is 0.437 e. The highest BCUT2D eigenvalue weighted by molar-refractivity contribution is 6.62. The Labute approximate surface area is 164 Å². The molecule has 0 spiro atoms. The van der Waals surface area contributed by atoms with Crippen LogP contribution in [0.5, 0.6) is 11.6 Å². The number of nitrogens with zero attached hydrogens (tertiary/aromatic N) is 2. The lowest BCUT2D eigenvalue weighted by Gasteiger charge is -2.15. The lowest BCUT2D eigenvalue weighted by Crippen LogP contribution is -2.30. The van der Waals surface area contributed by atoms with E-state index in [0.29, 0.717) is 18.3 Å². The molecule has 0 fully saturated rings. The van der Waals surface area contributed by atoms with Gasteiger partial charge in [-0.1, -0.05) is 19.9 Å². The summed E-state index contributed by atoms with van der Waals surface area (Å²) in [6.45, 7) is 6.32. The van der Waals surface area contributed by atoms with Gasteiger partial charge in [0.2, 0.25) is 5.88 Å². The van der Waals surface area contributed by atoms with E-state index in [1.807, 2.05) is 13.0 Å². The minimum Gasteiger partial charge on any atom is -0.437 e. The van der Waals surface area contributed by atoms with E-state index in [2.05, 4.69) is 23.8 Å². The van der Waals surface area contributed by atoms with Crippen LogP contribution >= 0.6 is 0 Å². The summed E-state index contributed by atoms with van der Waals surface area (Å²) in [5.41, 5.74) is 2.69. The Balaban J connectivity index is 1.68. The van der Waals surface area contributed by atoms with Gasteiger partial charge in [-0.3, -0.25) is 4.79 Å². The van der Waals surface area contributed by atoms with Gasteiger partial charge in [-0.2, -0.15) is 0 Å². The second-order valence-electron chi connectivity index (χ2n) is 7.57. The van der Waals surface area contributed by atoms with E-state index < -0.39 is 7.12 Å². The Hall–Kier alpha value is -2.29. The summed E-state index contributed by atoms with van der Waals surface area (Å²) in [5.74, 6) is 0.995. The fraction of sp³-hybridized carbons (Fsp3) is 0.450.